The fraction of sp³-hybridized carbons (Fsp3) is 0.939. The van der Waals surface area contributed by atoms with Crippen molar-refractivity contribution in [2.45, 2.75) is 200 Å². The summed E-state index contributed by atoms with van der Waals surface area (Å²) in [7, 11) is 0. The highest BCUT2D eigenvalue weighted by Gasteiger charge is 2.14. The average molecular weight is 525 g/mol. The van der Waals surface area contributed by atoms with E-state index in [2.05, 4.69) is 13.8 Å². The highest BCUT2D eigenvalue weighted by atomic mass is 16.5. The zero-order valence-electron chi connectivity index (χ0n) is 25.0. The molecule has 1 unspecified atom stereocenters. The van der Waals surface area contributed by atoms with Gasteiger partial charge in [-0.15, -0.1) is 0 Å². The minimum absolute atomic E-state index is 0.0106. The minimum Gasteiger partial charge on any atom is -0.481 e. The molecule has 0 amide bonds. The van der Waals surface area contributed by atoms with Crippen molar-refractivity contribution in [1.82, 2.24) is 0 Å². The molecule has 0 aromatic rings. The molecule has 0 saturated heterocycles. The van der Waals surface area contributed by atoms with Crippen LogP contribution in [0.1, 0.15) is 194 Å². The molecule has 0 aliphatic heterocycles. The van der Waals surface area contributed by atoms with Gasteiger partial charge in [-0.2, -0.15) is 0 Å². The van der Waals surface area contributed by atoms with Gasteiger partial charge < -0.3 is 9.84 Å². The van der Waals surface area contributed by atoms with E-state index in [9.17, 15) is 9.59 Å². The normalized spacial score (nSPS) is 12.1. The predicted octanol–water partition coefficient (Wildman–Crippen LogP) is 10.9. The number of aliphatic carboxylic acids is 1. The molecule has 0 radical (unpaired) electrons. The van der Waals surface area contributed by atoms with E-state index < -0.39 is 5.97 Å². The lowest BCUT2D eigenvalue weighted by Gasteiger charge is -2.18. The van der Waals surface area contributed by atoms with E-state index in [4.69, 9.17) is 9.84 Å². The summed E-state index contributed by atoms with van der Waals surface area (Å²) in [6.07, 6.45) is 32.8. The van der Waals surface area contributed by atoms with Crippen LogP contribution < -0.4 is 0 Å². The van der Waals surface area contributed by atoms with Crippen molar-refractivity contribution in [3.63, 3.8) is 0 Å². The second-order valence-corrected chi connectivity index (χ2v) is 11.4. The number of esters is 1. The molecule has 0 rings (SSSR count). The van der Waals surface area contributed by atoms with Crippen molar-refractivity contribution in [3.8, 4) is 0 Å². The minimum atomic E-state index is -0.700. The molecule has 0 aromatic heterocycles. The van der Waals surface area contributed by atoms with Crippen LogP contribution in [0.15, 0.2) is 0 Å². The van der Waals surface area contributed by atoms with Gasteiger partial charge in [-0.25, -0.2) is 0 Å². The Balaban J connectivity index is 3.87. The van der Waals surface area contributed by atoms with Gasteiger partial charge in [0, 0.05) is 12.8 Å². The van der Waals surface area contributed by atoms with Crippen LogP contribution >= 0.6 is 0 Å². The largest absolute Gasteiger partial charge is 0.481 e. The Hall–Kier alpha value is -1.06. The lowest BCUT2D eigenvalue weighted by atomic mass is 10.0. The molecule has 1 atom stereocenters. The third-order valence-corrected chi connectivity index (χ3v) is 7.58. The molecule has 4 nitrogen and oxygen atoms in total. The maximum Gasteiger partial charge on any atom is 0.306 e. The number of carboxylic acid groups (broad SMARTS) is 1. The van der Waals surface area contributed by atoms with Crippen molar-refractivity contribution in [2.75, 3.05) is 0 Å². The van der Waals surface area contributed by atoms with Gasteiger partial charge in [0.25, 0.3) is 0 Å². The van der Waals surface area contributed by atoms with Gasteiger partial charge in [-0.1, -0.05) is 142 Å². The van der Waals surface area contributed by atoms with E-state index in [0.717, 1.165) is 64.2 Å². The number of carbonyl (C=O) groups is 2. The first-order valence-corrected chi connectivity index (χ1v) is 16.5. The van der Waals surface area contributed by atoms with Crippen LogP contribution in [0.4, 0.5) is 0 Å². The molecule has 1 N–H and O–H groups in total. The third-order valence-electron chi connectivity index (χ3n) is 7.58. The standard InChI is InChI=1S/C33H64O4/c1-3-5-7-9-10-11-12-13-14-15-16-17-18-20-23-27-31(37-33(36)30-26-8-6-4-2)28-24-21-19-22-25-29-32(34)35/h31H,3-30H2,1-2H3,(H,34,35). The summed E-state index contributed by atoms with van der Waals surface area (Å²) < 4.78 is 5.89. The SMILES string of the molecule is CCCCCCCCCCCCCCCCCC(CCCCCCCC(=O)O)OC(=O)CCCCCC. The quantitative estimate of drug-likeness (QED) is 0.0749. The molecule has 0 bridgehead atoms. The summed E-state index contributed by atoms with van der Waals surface area (Å²) in [5.41, 5.74) is 0. The number of carbonyl (C=O) groups excluding carboxylic acids is 1. The summed E-state index contributed by atoms with van der Waals surface area (Å²) in [4.78, 5) is 23.0. The number of hydrogen-bond acceptors (Lipinski definition) is 3. The summed E-state index contributed by atoms with van der Waals surface area (Å²) >= 11 is 0. The second-order valence-electron chi connectivity index (χ2n) is 11.4. The van der Waals surface area contributed by atoms with Gasteiger partial charge >= 0.3 is 11.9 Å². The van der Waals surface area contributed by atoms with E-state index >= 15 is 0 Å². The molecule has 0 spiro atoms. The average Bonchev–Trinajstić information content (AvgIpc) is 2.88. The molecule has 37 heavy (non-hydrogen) atoms. The van der Waals surface area contributed by atoms with Gasteiger partial charge in [0.1, 0.15) is 6.10 Å². The molecule has 0 heterocycles. The first-order valence-electron chi connectivity index (χ1n) is 16.5. The summed E-state index contributed by atoms with van der Waals surface area (Å²) in [6, 6.07) is 0. The zero-order valence-corrected chi connectivity index (χ0v) is 25.0. The molecular formula is C33H64O4. The molecule has 4 heteroatoms. The molecule has 0 aromatic carbocycles. The topological polar surface area (TPSA) is 63.6 Å². The van der Waals surface area contributed by atoms with Crippen molar-refractivity contribution in [1.29, 1.82) is 0 Å². The Labute approximate surface area is 231 Å². The number of ether oxygens (including phenoxy) is 1. The van der Waals surface area contributed by atoms with Crippen LogP contribution in [0.2, 0.25) is 0 Å². The van der Waals surface area contributed by atoms with Crippen LogP contribution in [-0.4, -0.2) is 23.1 Å². The van der Waals surface area contributed by atoms with E-state index in [1.165, 1.54) is 103 Å². The van der Waals surface area contributed by atoms with Gasteiger partial charge in [-0.05, 0) is 38.5 Å². The molecule has 220 valence electrons. The van der Waals surface area contributed by atoms with Gasteiger partial charge in [-0.3, -0.25) is 9.59 Å². The first kappa shape index (κ1) is 35.9. The maximum absolute atomic E-state index is 12.3. The monoisotopic (exact) mass is 524 g/mol. The first-order chi connectivity index (χ1) is 18.1. The highest BCUT2D eigenvalue weighted by molar-refractivity contribution is 5.69. The van der Waals surface area contributed by atoms with Crippen molar-refractivity contribution in [2.24, 2.45) is 0 Å². The van der Waals surface area contributed by atoms with E-state index in [1.54, 1.807) is 0 Å². The molecule has 0 fully saturated rings. The Kier molecular flexibility index (Phi) is 28.7. The van der Waals surface area contributed by atoms with Gasteiger partial charge in [0.15, 0.2) is 0 Å². The summed E-state index contributed by atoms with van der Waals surface area (Å²) in [6.45, 7) is 4.47. The fourth-order valence-corrected chi connectivity index (χ4v) is 5.13. The zero-order chi connectivity index (χ0) is 27.2. The van der Waals surface area contributed by atoms with Crippen LogP contribution in [0.3, 0.4) is 0 Å². The van der Waals surface area contributed by atoms with Crippen LogP contribution in [0, 0.1) is 0 Å². The maximum atomic E-state index is 12.3. The lowest BCUT2D eigenvalue weighted by Crippen LogP contribution is -2.18. The fourth-order valence-electron chi connectivity index (χ4n) is 5.13. The lowest BCUT2D eigenvalue weighted by molar-refractivity contribution is -0.150. The van der Waals surface area contributed by atoms with Gasteiger partial charge in [0.2, 0.25) is 0 Å². The Bertz CT molecular complexity index is 491. The Morgan fingerprint density at radius 3 is 1.22 bits per heavy atom. The third kappa shape index (κ3) is 29.4. The molecular weight excluding hydrogens is 460 g/mol. The number of rotatable bonds is 30. The molecule has 0 aliphatic carbocycles. The van der Waals surface area contributed by atoms with Crippen molar-refractivity contribution < 1.29 is 19.4 Å². The van der Waals surface area contributed by atoms with Crippen LogP contribution in [0.25, 0.3) is 0 Å². The second kappa shape index (κ2) is 29.5. The van der Waals surface area contributed by atoms with Gasteiger partial charge in [0.05, 0.1) is 0 Å². The number of carboxylic acids is 1. The summed E-state index contributed by atoms with van der Waals surface area (Å²) in [5.74, 6) is -0.710. The van der Waals surface area contributed by atoms with E-state index in [-0.39, 0.29) is 18.5 Å². The smallest absolute Gasteiger partial charge is 0.306 e. The predicted molar refractivity (Wildman–Crippen MR) is 158 cm³/mol. The van der Waals surface area contributed by atoms with Crippen LogP contribution in [0.5, 0.6) is 0 Å². The Morgan fingerprint density at radius 2 is 0.811 bits per heavy atom. The Morgan fingerprint density at radius 1 is 0.486 bits per heavy atom. The summed E-state index contributed by atoms with van der Waals surface area (Å²) in [5, 5.41) is 8.75. The molecule has 0 saturated carbocycles. The van der Waals surface area contributed by atoms with E-state index in [1.807, 2.05) is 0 Å². The van der Waals surface area contributed by atoms with Crippen molar-refractivity contribution in [3.05, 3.63) is 0 Å². The number of hydrogen-bond donors (Lipinski definition) is 1. The highest BCUT2D eigenvalue weighted by Crippen LogP contribution is 2.19. The molecule has 0 aliphatic rings. The van der Waals surface area contributed by atoms with Crippen molar-refractivity contribution >= 4 is 11.9 Å². The van der Waals surface area contributed by atoms with Crippen LogP contribution in [-0.2, 0) is 14.3 Å². The van der Waals surface area contributed by atoms with E-state index in [0.29, 0.717) is 6.42 Å². The number of unbranched alkanes of at least 4 members (excludes halogenated alkanes) is 21.